The lowest BCUT2D eigenvalue weighted by Crippen LogP contribution is -2.22. The van der Waals surface area contributed by atoms with Gasteiger partial charge in [0.15, 0.2) is 0 Å². The van der Waals surface area contributed by atoms with E-state index < -0.39 is 0 Å². The number of rotatable bonds is 6. The Morgan fingerprint density at radius 2 is 2.11 bits per heavy atom. The predicted octanol–water partition coefficient (Wildman–Crippen LogP) is 3.23. The predicted molar refractivity (Wildman–Crippen MR) is 73.8 cm³/mol. The third-order valence-corrected chi connectivity index (χ3v) is 2.92. The summed E-state index contributed by atoms with van der Waals surface area (Å²) in [6.07, 6.45) is 1.45. The molecule has 0 saturated heterocycles. The molecule has 0 aliphatic carbocycles. The average molecular weight is 249 g/mol. The van der Waals surface area contributed by atoms with Crippen LogP contribution in [-0.4, -0.2) is 13.0 Å². The van der Waals surface area contributed by atoms with Crippen molar-refractivity contribution >= 4 is 5.91 Å². The number of hydrogen-bond donors (Lipinski definition) is 1. The molecule has 0 unspecified atom stereocenters. The number of amides is 1. The number of methoxy groups -OCH3 is 1. The van der Waals surface area contributed by atoms with Crippen LogP contribution in [0.4, 0.5) is 0 Å². The largest absolute Gasteiger partial charge is 0.496 e. The van der Waals surface area contributed by atoms with Crippen molar-refractivity contribution in [2.75, 3.05) is 7.11 Å². The molecule has 1 aromatic rings. The summed E-state index contributed by atoms with van der Waals surface area (Å²) in [5.41, 5.74) is 2.30. The molecule has 0 aliphatic rings. The zero-order chi connectivity index (χ0) is 13.5. The van der Waals surface area contributed by atoms with Crippen molar-refractivity contribution in [2.24, 2.45) is 0 Å². The number of ether oxygens (including phenoxy) is 1. The molecule has 0 radical (unpaired) electrons. The molecule has 0 aromatic heterocycles. The van der Waals surface area contributed by atoms with Gasteiger partial charge in [-0.3, -0.25) is 4.79 Å². The quantitative estimate of drug-likeness (QED) is 0.840. The van der Waals surface area contributed by atoms with E-state index in [1.165, 1.54) is 5.56 Å². The Morgan fingerprint density at radius 1 is 1.39 bits per heavy atom. The van der Waals surface area contributed by atoms with Crippen LogP contribution in [0, 0.1) is 0 Å². The maximum absolute atomic E-state index is 11.5. The Labute approximate surface area is 110 Å². The van der Waals surface area contributed by atoms with Gasteiger partial charge in [-0.15, -0.1) is 0 Å². The van der Waals surface area contributed by atoms with Gasteiger partial charge in [-0.25, -0.2) is 0 Å². The van der Waals surface area contributed by atoms with E-state index in [0.717, 1.165) is 17.7 Å². The Hall–Kier alpha value is -1.51. The summed E-state index contributed by atoms with van der Waals surface area (Å²) >= 11 is 0. The van der Waals surface area contributed by atoms with Crippen molar-refractivity contribution in [2.45, 2.75) is 46.1 Å². The van der Waals surface area contributed by atoms with Crippen LogP contribution in [0.1, 0.15) is 50.7 Å². The third-order valence-electron chi connectivity index (χ3n) is 2.92. The Morgan fingerprint density at radius 3 is 2.67 bits per heavy atom. The molecule has 3 heteroatoms. The first-order valence-corrected chi connectivity index (χ1v) is 6.52. The first-order chi connectivity index (χ1) is 8.58. The highest BCUT2D eigenvalue weighted by molar-refractivity contribution is 5.75. The zero-order valence-electron chi connectivity index (χ0n) is 11.7. The number of carbonyl (C=O) groups excluding carboxylic acids is 1. The minimum absolute atomic E-state index is 0.0921. The highest BCUT2D eigenvalue weighted by Gasteiger charge is 2.08. The lowest BCUT2D eigenvalue weighted by molar-refractivity contribution is -0.121. The van der Waals surface area contributed by atoms with E-state index in [0.29, 0.717) is 18.9 Å². The van der Waals surface area contributed by atoms with Crippen molar-refractivity contribution in [1.29, 1.82) is 0 Å². The number of benzene rings is 1. The van der Waals surface area contributed by atoms with E-state index >= 15 is 0 Å². The van der Waals surface area contributed by atoms with E-state index in [9.17, 15) is 4.79 Å². The summed E-state index contributed by atoms with van der Waals surface area (Å²) in [7, 11) is 1.65. The van der Waals surface area contributed by atoms with E-state index in [-0.39, 0.29) is 5.91 Å². The topological polar surface area (TPSA) is 38.3 Å². The van der Waals surface area contributed by atoms with Crippen molar-refractivity contribution in [3.05, 3.63) is 29.3 Å². The molecule has 0 bridgehead atoms. The number of nitrogens with one attached hydrogen (secondary N) is 1. The van der Waals surface area contributed by atoms with Gasteiger partial charge in [0.1, 0.15) is 5.75 Å². The minimum atomic E-state index is 0.0921. The molecule has 18 heavy (non-hydrogen) atoms. The minimum Gasteiger partial charge on any atom is -0.496 e. The molecule has 3 nitrogen and oxygen atoms in total. The smallest absolute Gasteiger partial charge is 0.220 e. The first kappa shape index (κ1) is 14.6. The first-order valence-electron chi connectivity index (χ1n) is 6.52. The normalized spacial score (nSPS) is 10.5. The van der Waals surface area contributed by atoms with Crippen LogP contribution in [0.2, 0.25) is 0 Å². The van der Waals surface area contributed by atoms with Crippen LogP contribution < -0.4 is 10.1 Å². The van der Waals surface area contributed by atoms with Gasteiger partial charge < -0.3 is 10.1 Å². The van der Waals surface area contributed by atoms with Crippen molar-refractivity contribution in [3.63, 3.8) is 0 Å². The van der Waals surface area contributed by atoms with E-state index in [1.54, 1.807) is 7.11 Å². The van der Waals surface area contributed by atoms with Crippen molar-refractivity contribution in [1.82, 2.24) is 5.32 Å². The van der Waals surface area contributed by atoms with Gasteiger partial charge in [0.2, 0.25) is 5.91 Å². The maximum atomic E-state index is 11.5. The molecule has 1 aromatic carbocycles. The molecule has 0 aliphatic heterocycles. The second-order valence-electron chi connectivity index (χ2n) is 4.75. The van der Waals surface area contributed by atoms with Crippen molar-refractivity contribution in [3.8, 4) is 5.75 Å². The van der Waals surface area contributed by atoms with Gasteiger partial charge in [-0.2, -0.15) is 0 Å². The summed E-state index contributed by atoms with van der Waals surface area (Å²) in [6, 6.07) is 6.15. The molecule has 0 heterocycles. The third kappa shape index (κ3) is 4.06. The van der Waals surface area contributed by atoms with Gasteiger partial charge in [0.25, 0.3) is 0 Å². The van der Waals surface area contributed by atoms with Gasteiger partial charge in [0.05, 0.1) is 7.11 Å². The molecule has 0 atom stereocenters. The summed E-state index contributed by atoms with van der Waals surface area (Å²) in [4.78, 5) is 11.5. The fourth-order valence-corrected chi connectivity index (χ4v) is 1.81. The molecular weight excluding hydrogens is 226 g/mol. The van der Waals surface area contributed by atoms with E-state index in [1.807, 2.05) is 13.0 Å². The zero-order valence-corrected chi connectivity index (χ0v) is 11.7. The van der Waals surface area contributed by atoms with Gasteiger partial charge in [0, 0.05) is 18.5 Å². The SMILES string of the molecule is CCCC(=O)NCc1cc(C(C)C)ccc1OC. The molecule has 100 valence electrons. The molecule has 0 spiro atoms. The second kappa shape index (κ2) is 7.04. The average Bonchev–Trinajstić information content (AvgIpc) is 2.36. The molecule has 0 fully saturated rings. The van der Waals surface area contributed by atoms with Gasteiger partial charge >= 0.3 is 0 Å². The Bertz CT molecular complexity index is 399. The summed E-state index contributed by atoms with van der Waals surface area (Å²) in [5, 5.41) is 2.92. The molecule has 1 amide bonds. The fraction of sp³-hybridized carbons (Fsp3) is 0.533. The Balaban J connectivity index is 2.78. The van der Waals surface area contributed by atoms with E-state index in [2.05, 4.69) is 31.3 Å². The van der Waals surface area contributed by atoms with Gasteiger partial charge in [-0.05, 0) is 24.0 Å². The van der Waals surface area contributed by atoms with Crippen LogP contribution in [0.15, 0.2) is 18.2 Å². The lowest BCUT2D eigenvalue weighted by Gasteiger charge is -2.13. The Kier molecular flexibility index (Phi) is 5.69. The highest BCUT2D eigenvalue weighted by Crippen LogP contribution is 2.24. The monoisotopic (exact) mass is 249 g/mol. The van der Waals surface area contributed by atoms with Crippen LogP contribution in [-0.2, 0) is 11.3 Å². The van der Waals surface area contributed by atoms with E-state index in [4.69, 9.17) is 4.74 Å². The van der Waals surface area contributed by atoms with Crippen LogP contribution in [0.5, 0.6) is 5.75 Å². The van der Waals surface area contributed by atoms with Crippen molar-refractivity contribution < 1.29 is 9.53 Å². The van der Waals surface area contributed by atoms with Crippen LogP contribution in [0.3, 0.4) is 0 Å². The number of hydrogen-bond acceptors (Lipinski definition) is 2. The van der Waals surface area contributed by atoms with Crippen LogP contribution in [0.25, 0.3) is 0 Å². The fourth-order valence-electron chi connectivity index (χ4n) is 1.81. The second-order valence-corrected chi connectivity index (χ2v) is 4.75. The maximum Gasteiger partial charge on any atom is 0.220 e. The summed E-state index contributed by atoms with van der Waals surface area (Å²) in [5.74, 6) is 1.40. The molecule has 1 N–H and O–H groups in total. The van der Waals surface area contributed by atoms with Crippen LogP contribution >= 0.6 is 0 Å². The molecule has 0 saturated carbocycles. The lowest BCUT2D eigenvalue weighted by atomic mass is 10.00. The van der Waals surface area contributed by atoms with Gasteiger partial charge in [-0.1, -0.05) is 32.9 Å². The molecular formula is C15H23NO2. The summed E-state index contributed by atoms with van der Waals surface area (Å²) < 4.78 is 5.32. The standard InChI is InChI=1S/C15H23NO2/c1-5-6-15(17)16-10-13-9-12(11(2)3)7-8-14(13)18-4/h7-9,11H,5-6,10H2,1-4H3,(H,16,17). The highest BCUT2D eigenvalue weighted by atomic mass is 16.5. The number of carbonyl (C=O) groups is 1. The molecule has 1 rings (SSSR count). The summed E-state index contributed by atoms with van der Waals surface area (Å²) in [6.45, 7) is 6.84.